The van der Waals surface area contributed by atoms with Crippen LogP contribution in [0.3, 0.4) is 0 Å². The van der Waals surface area contributed by atoms with Crippen molar-refractivity contribution in [2.45, 2.75) is 0 Å². The molecule has 0 aliphatic rings. The summed E-state index contributed by atoms with van der Waals surface area (Å²) in [6.07, 6.45) is 0. The molecular weight excluding hydrogens is 174 g/mol. The molecule has 0 atom stereocenters. The molecule has 0 spiro atoms. The predicted octanol–water partition coefficient (Wildman–Crippen LogP) is 2.61. The highest BCUT2D eigenvalue weighted by Gasteiger charge is 2.05. The maximum atomic E-state index is 10.4. The summed E-state index contributed by atoms with van der Waals surface area (Å²) in [6.45, 7) is 0. The predicted molar refractivity (Wildman–Crippen MR) is 47.3 cm³/mol. The van der Waals surface area contributed by atoms with Crippen LogP contribution in [0.1, 0.15) is 0 Å². The van der Waals surface area contributed by atoms with Crippen LogP contribution in [0.25, 0.3) is 10.1 Å². The zero-order chi connectivity index (χ0) is 8.55. The Morgan fingerprint density at radius 3 is 3.08 bits per heavy atom. The minimum Gasteiger partial charge on any atom is -0.258 e. The summed E-state index contributed by atoms with van der Waals surface area (Å²) in [5, 5.41) is 14.3. The summed E-state index contributed by atoms with van der Waals surface area (Å²) in [5.41, 5.74) is 0.137. The molecule has 0 fully saturated rings. The zero-order valence-electron chi connectivity index (χ0n) is 5.98. The summed E-state index contributed by atoms with van der Waals surface area (Å²) in [6, 6.07) is 6.63. The lowest BCUT2D eigenvalue weighted by atomic mass is 10.2. The second-order valence-electron chi connectivity index (χ2n) is 2.34. The highest BCUT2D eigenvalue weighted by atomic mass is 32.1. The molecule has 59 valence electrons. The van der Waals surface area contributed by atoms with Gasteiger partial charge in [0.15, 0.2) is 0 Å². The number of non-ortho nitro benzene ring substituents is 1. The van der Waals surface area contributed by atoms with Crippen molar-refractivity contribution in [3.05, 3.63) is 39.8 Å². The van der Waals surface area contributed by atoms with Gasteiger partial charge in [-0.15, -0.1) is 11.3 Å². The molecule has 1 heterocycles. The molecule has 1 aromatic heterocycles. The maximum Gasteiger partial charge on any atom is 0.270 e. The van der Waals surface area contributed by atoms with Gasteiger partial charge in [0.05, 0.1) is 4.92 Å². The van der Waals surface area contributed by atoms with Crippen molar-refractivity contribution in [1.82, 2.24) is 0 Å². The number of hydrogen-bond donors (Lipinski definition) is 0. The van der Waals surface area contributed by atoms with Crippen molar-refractivity contribution in [3.63, 3.8) is 0 Å². The van der Waals surface area contributed by atoms with E-state index >= 15 is 0 Å². The average molecular weight is 178 g/mol. The lowest BCUT2D eigenvalue weighted by Crippen LogP contribution is -1.85. The Morgan fingerprint density at radius 2 is 2.33 bits per heavy atom. The largest absolute Gasteiger partial charge is 0.270 e. The Labute approximate surface area is 72.4 Å². The second kappa shape index (κ2) is 2.57. The van der Waals surface area contributed by atoms with Crippen LogP contribution in [0.15, 0.2) is 24.3 Å². The summed E-state index contributed by atoms with van der Waals surface area (Å²) in [7, 11) is 0. The molecular formula is C8H4NO2S. The highest BCUT2D eigenvalue weighted by molar-refractivity contribution is 7.16. The number of benzene rings is 1. The smallest absolute Gasteiger partial charge is 0.258 e. The molecule has 1 aromatic carbocycles. The van der Waals surface area contributed by atoms with E-state index in [-0.39, 0.29) is 10.6 Å². The van der Waals surface area contributed by atoms with Gasteiger partial charge in [0.25, 0.3) is 5.69 Å². The van der Waals surface area contributed by atoms with Gasteiger partial charge < -0.3 is 0 Å². The molecule has 4 heteroatoms. The number of nitro benzene ring substituents is 1. The number of rotatable bonds is 1. The first-order chi connectivity index (χ1) is 5.77. The van der Waals surface area contributed by atoms with E-state index < -0.39 is 0 Å². The molecule has 0 amide bonds. The van der Waals surface area contributed by atoms with Gasteiger partial charge in [-0.25, -0.2) is 0 Å². The van der Waals surface area contributed by atoms with E-state index in [9.17, 15) is 10.1 Å². The van der Waals surface area contributed by atoms with Gasteiger partial charge in [0, 0.05) is 22.2 Å². The minimum atomic E-state index is -0.390. The number of nitro groups is 1. The molecule has 0 saturated carbocycles. The van der Waals surface area contributed by atoms with Crippen LogP contribution in [0.5, 0.6) is 0 Å². The van der Waals surface area contributed by atoms with Crippen molar-refractivity contribution >= 4 is 27.1 Å². The lowest BCUT2D eigenvalue weighted by Gasteiger charge is -1.89. The van der Waals surface area contributed by atoms with Gasteiger partial charge in [0.2, 0.25) is 0 Å². The van der Waals surface area contributed by atoms with E-state index in [1.807, 2.05) is 6.07 Å². The van der Waals surface area contributed by atoms with E-state index in [0.717, 1.165) is 10.1 Å². The molecule has 0 aliphatic heterocycles. The zero-order valence-corrected chi connectivity index (χ0v) is 6.80. The molecule has 2 rings (SSSR count). The van der Waals surface area contributed by atoms with Crippen molar-refractivity contribution in [1.29, 1.82) is 0 Å². The third kappa shape index (κ3) is 1.06. The van der Waals surface area contributed by atoms with Gasteiger partial charge in [-0.1, -0.05) is 0 Å². The summed E-state index contributed by atoms with van der Waals surface area (Å²) < 4.78 is 0.907. The molecule has 0 N–H and O–H groups in total. The Balaban J connectivity index is 2.68. The summed E-state index contributed by atoms with van der Waals surface area (Å²) >= 11 is 1.39. The standard InChI is InChI=1S/C8H4NO2S/c10-9(11)7-2-1-6-3-4-12-8(6)5-7/h1-3,5H. The Kier molecular flexibility index (Phi) is 1.55. The van der Waals surface area contributed by atoms with E-state index in [1.54, 1.807) is 12.1 Å². The van der Waals surface area contributed by atoms with Gasteiger partial charge in [-0.2, -0.15) is 0 Å². The molecule has 0 unspecified atom stereocenters. The van der Waals surface area contributed by atoms with E-state index in [0.29, 0.717) is 0 Å². The van der Waals surface area contributed by atoms with E-state index in [1.165, 1.54) is 17.4 Å². The van der Waals surface area contributed by atoms with Crippen LogP contribution in [-0.4, -0.2) is 4.92 Å². The fourth-order valence-corrected chi connectivity index (χ4v) is 1.74. The first-order valence-corrected chi connectivity index (χ1v) is 4.13. The van der Waals surface area contributed by atoms with Crippen LogP contribution in [-0.2, 0) is 0 Å². The Bertz CT molecular complexity index is 435. The fourth-order valence-electron chi connectivity index (χ4n) is 1.00. The maximum absolute atomic E-state index is 10.4. The van der Waals surface area contributed by atoms with Crippen LogP contribution < -0.4 is 0 Å². The highest BCUT2D eigenvalue weighted by Crippen LogP contribution is 2.24. The van der Waals surface area contributed by atoms with Crippen molar-refractivity contribution < 1.29 is 4.92 Å². The van der Waals surface area contributed by atoms with E-state index in [4.69, 9.17) is 0 Å². The van der Waals surface area contributed by atoms with Crippen LogP contribution >= 0.6 is 11.3 Å². The summed E-state index contributed by atoms with van der Waals surface area (Å²) in [5.74, 6) is 0. The number of hydrogen-bond acceptors (Lipinski definition) is 3. The van der Waals surface area contributed by atoms with E-state index in [2.05, 4.69) is 5.38 Å². The van der Waals surface area contributed by atoms with Gasteiger partial charge in [-0.3, -0.25) is 10.1 Å². The van der Waals surface area contributed by atoms with Gasteiger partial charge in [-0.05, 0) is 17.5 Å². The topological polar surface area (TPSA) is 43.1 Å². The third-order valence-corrected chi connectivity index (χ3v) is 2.40. The molecule has 3 nitrogen and oxygen atoms in total. The number of nitrogens with zero attached hydrogens (tertiary/aromatic N) is 1. The second-order valence-corrected chi connectivity index (χ2v) is 3.22. The first kappa shape index (κ1) is 7.24. The molecule has 0 aliphatic carbocycles. The Hall–Kier alpha value is -1.42. The first-order valence-electron chi connectivity index (χ1n) is 3.31. The molecule has 2 aromatic rings. The van der Waals surface area contributed by atoms with Crippen molar-refractivity contribution in [2.75, 3.05) is 0 Å². The van der Waals surface area contributed by atoms with Crippen LogP contribution in [0.4, 0.5) is 5.69 Å². The van der Waals surface area contributed by atoms with Crippen LogP contribution in [0.2, 0.25) is 0 Å². The quantitative estimate of drug-likeness (QED) is 0.497. The minimum absolute atomic E-state index is 0.137. The summed E-state index contributed by atoms with van der Waals surface area (Å²) in [4.78, 5) is 9.98. The van der Waals surface area contributed by atoms with Crippen molar-refractivity contribution in [2.24, 2.45) is 0 Å². The van der Waals surface area contributed by atoms with Gasteiger partial charge >= 0.3 is 0 Å². The van der Waals surface area contributed by atoms with Crippen LogP contribution in [0, 0.1) is 15.5 Å². The average Bonchev–Trinajstić information content (AvgIpc) is 2.49. The number of fused-ring (bicyclic) bond motifs is 1. The monoisotopic (exact) mass is 178 g/mol. The normalized spacial score (nSPS) is 10.3. The molecule has 0 saturated heterocycles. The SMILES string of the molecule is O=[N+]([O-])c1ccc2c[c]sc2c1. The molecule has 12 heavy (non-hydrogen) atoms. The fraction of sp³-hybridized carbons (Fsp3) is 0. The molecule has 0 bridgehead atoms. The lowest BCUT2D eigenvalue weighted by molar-refractivity contribution is -0.384. The third-order valence-electron chi connectivity index (χ3n) is 1.59. The van der Waals surface area contributed by atoms with Crippen molar-refractivity contribution in [3.8, 4) is 0 Å². The van der Waals surface area contributed by atoms with Gasteiger partial charge in [0.1, 0.15) is 0 Å². The number of thiophene rings is 1. The Morgan fingerprint density at radius 1 is 1.50 bits per heavy atom. The molecule has 1 radical (unpaired) electrons.